The molecule has 4 rings (SSSR count). The topological polar surface area (TPSA) is 33.7 Å². The summed E-state index contributed by atoms with van der Waals surface area (Å²) >= 11 is 0. The van der Waals surface area contributed by atoms with Crippen LogP contribution in [0.1, 0.15) is 30.7 Å². The minimum Gasteiger partial charge on any atom is -0.496 e. The van der Waals surface area contributed by atoms with Crippen molar-refractivity contribution in [3.63, 3.8) is 0 Å². The quantitative estimate of drug-likeness (QED) is 0.925. The average molecular weight is 320 g/mol. The monoisotopic (exact) mass is 320 g/mol. The molecule has 0 aromatic heterocycles. The second-order valence-corrected chi connectivity index (χ2v) is 7.15. The number of ether oxygens (including phenoxy) is 2. The molecule has 0 aliphatic carbocycles. The van der Waals surface area contributed by atoms with Gasteiger partial charge in [0.15, 0.2) is 0 Å². The highest BCUT2D eigenvalue weighted by atomic mass is 19.1. The fourth-order valence-corrected chi connectivity index (χ4v) is 4.30. The largest absolute Gasteiger partial charge is 0.496 e. The average Bonchev–Trinajstić information content (AvgIpc) is 3.01. The Labute approximate surface area is 136 Å². The van der Waals surface area contributed by atoms with Crippen molar-refractivity contribution in [1.82, 2.24) is 10.2 Å². The summed E-state index contributed by atoms with van der Waals surface area (Å²) in [5.74, 6) is 0.918. The van der Waals surface area contributed by atoms with E-state index in [1.807, 2.05) is 6.07 Å². The lowest BCUT2D eigenvalue weighted by atomic mass is 9.86. The fraction of sp³-hybridized carbons (Fsp3) is 0.667. The maximum Gasteiger partial charge on any atom is 0.126 e. The molecule has 3 aliphatic rings. The van der Waals surface area contributed by atoms with Crippen LogP contribution in [0, 0.1) is 5.82 Å². The molecular formula is C18H25FN2O2. The van der Waals surface area contributed by atoms with Crippen LogP contribution in [0.15, 0.2) is 18.2 Å². The smallest absolute Gasteiger partial charge is 0.126 e. The number of methoxy groups -OCH3 is 1. The predicted molar refractivity (Wildman–Crippen MR) is 86.5 cm³/mol. The van der Waals surface area contributed by atoms with E-state index in [9.17, 15) is 4.39 Å². The Hall–Kier alpha value is -1.17. The Morgan fingerprint density at radius 1 is 1.30 bits per heavy atom. The summed E-state index contributed by atoms with van der Waals surface area (Å²) in [4.78, 5) is 2.58. The molecule has 1 unspecified atom stereocenters. The van der Waals surface area contributed by atoms with Crippen molar-refractivity contribution in [2.45, 2.75) is 36.8 Å². The van der Waals surface area contributed by atoms with Gasteiger partial charge in [-0.2, -0.15) is 0 Å². The van der Waals surface area contributed by atoms with Gasteiger partial charge in [-0.1, -0.05) is 6.07 Å². The summed E-state index contributed by atoms with van der Waals surface area (Å²) in [6.07, 6.45) is 3.36. The molecule has 3 aliphatic heterocycles. The number of benzene rings is 1. The molecule has 5 heteroatoms. The summed E-state index contributed by atoms with van der Waals surface area (Å²) in [6, 6.07) is 5.50. The van der Waals surface area contributed by atoms with Gasteiger partial charge < -0.3 is 14.8 Å². The molecule has 0 amide bonds. The van der Waals surface area contributed by atoms with Gasteiger partial charge >= 0.3 is 0 Å². The number of halogens is 1. The van der Waals surface area contributed by atoms with Gasteiger partial charge in [0, 0.05) is 25.2 Å². The van der Waals surface area contributed by atoms with Crippen molar-refractivity contribution in [3.8, 4) is 5.75 Å². The Morgan fingerprint density at radius 3 is 2.70 bits per heavy atom. The van der Waals surface area contributed by atoms with E-state index in [1.54, 1.807) is 13.2 Å². The summed E-state index contributed by atoms with van der Waals surface area (Å²) in [5.41, 5.74) is 1.28. The van der Waals surface area contributed by atoms with Crippen LogP contribution < -0.4 is 10.1 Å². The van der Waals surface area contributed by atoms with Gasteiger partial charge in [0.1, 0.15) is 11.6 Å². The van der Waals surface area contributed by atoms with E-state index in [4.69, 9.17) is 9.47 Å². The van der Waals surface area contributed by atoms with Crippen LogP contribution in [-0.4, -0.2) is 56.4 Å². The van der Waals surface area contributed by atoms with E-state index in [-0.39, 0.29) is 11.4 Å². The predicted octanol–water partition coefficient (Wildman–Crippen LogP) is 2.14. The molecule has 1 N–H and O–H groups in total. The van der Waals surface area contributed by atoms with Crippen LogP contribution >= 0.6 is 0 Å². The van der Waals surface area contributed by atoms with Gasteiger partial charge in [-0.3, -0.25) is 4.90 Å². The van der Waals surface area contributed by atoms with Crippen molar-refractivity contribution in [3.05, 3.63) is 29.6 Å². The first-order valence-corrected chi connectivity index (χ1v) is 8.61. The zero-order valence-corrected chi connectivity index (χ0v) is 13.7. The van der Waals surface area contributed by atoms with E-state index in [0.717, 1.165) is 57.6 Å². The lowest BCUT2D eigenvalue weighted by Gasteiger charge is -2.40. The van der Waals surface area contributed by atoms with Crippen molar-refractivity contribution in [2.75, 3.05) is 39.9 Å². The first kappa shape index (κ1) is 15.4. The maximum absolute atomic E-state index is 13.4. The highest BCUT2D eigenvalue weighted by Crippen LogP contribution is 2.38. The van der Waals surface area contributed by atoms with Crippen LogP contribution in [0.2, 0.25) is 0 Å². The third-order valence-corrected chi connectivity index (χ3v) is 5.77. The number of nitrogens with zero attached hydrogens (tertiary/aromatic N) is 1. The van der Waals surface area contributed by atoms with Crippen LogP contribution in [0.25, 0.3) is 0 Å². The number of piperidine rings is 1. The third-order valence-electron chi connectivity index (χ3n) is 5.77. The normalized spacial score (nSPS) is 28.0. The van der Waals surface area contributed by atoms with Crippen LogP contribution in [0.5, 0.6) is 5.75 Å². The van der Waals surface area contributed by atoms with E-state index >= 15 is 0 Å². The first-order chi connectivity index (χ1) is 11.2. The van der Waals surface area contributed by atoms with E-state index in [2.05, 4.69) is 10.2 Å². The Kier molecular flexibility index (Phi) is 4.03. The molecule has 0 saturated carbocycles. The molecule has 1 atom stereocenters. The molecule has 3 saturated heterocycles. The lowest BCUT2D eigenvalue weighted by molar-refractivity contribution is -0.0367. The molecule has 23 heavy (non-hydrogen) atoms. The Balaban J connectivity index is 1.38. The lowest BCUT2D eigenvalue weighted by Crippen LogP contribution is -2.59. The van der Waals surface area contributed by atoms with Gasteiger partial charge in [-0.15, -0.1) is 0 Å². The molecule has 126 valence electrons. The number of hydrogen-bond acceptors (Lipinski definition) is 4. The van der Waals surface area contributed by atoms with Crippen LogP contribution in [0.3, 0.4) is 0 Å². The molecule has 4 nitrogen and oxygen atoms in total. The zero-order chi connectivity index (χ0) is 15.9. The number of rotatable bonds is 3. The van der Waals surface area contributed by atoms with E-state index in [1.165, 1.54) is 6.07 Å². The highest BCUT2D eigenvalue weighted by molar-refractivity contribution is 5.37. The minimum absolute atomic E-state index is 0.127. The van der Waals surface area contributed by atoms with Gasteiger partial charge in [0.05, 0.1) is 19.3 Å². The summed E-state index contributed by atoms with van der Waals surface area (Å²) in [7, 11) is 1.62. The second-order valence-electron chi connectivity index (χ2n) is 7.15. The Morgan fingerprint density at radius 2 is 2.09 bits per heavy atom. The molecule has 0 radical (unpaired) electrons. The SMILES string of the molecule is COc1cc(F)ccc1C1CCN(C2COC3(CNC3)C2)CC1. The Bertz CT molecular complexity index is 568. The van der Waals surface area contributed by atoms with Crippen molar-refractivity contribution >= 4 is 0 Å². The third kappa shape index (κ3) is 2.86. The highest BCUT2D eigenvalue weighted by Gasteiger charge is 2.47. The molecule has 3 fully saturated rings. The summed E-state index contributed by atoms with van der Waals surface area (Å²) in [6.45, 7) is 5.05. The van der Waals surface area contributed by atoms with Crippen molar-refractivity contribution < 1.29 is 13.9 Å². The number of nitrogens with one attached hydrogen (secondary N) is 1. The van der Waals surface area contributed by atoms with Crippen LogP contribution in [-0.2, 0) is 4.74 Å². The molecule has 1 spiro atoms. The fourth-order valence-electron chi connectivity index (χ4n) is 4.30. The number of hydrogen-bond donors (Lipinski definition) is 1. The minimum atomic E-state index is -0.231. The number of likely N-dealkylation sites (tertiary alicyclic amines) is 1. The molecule has 0 bridgehead atoms. The summed E-state index contributed by atoms with van der Waals surface area (Å²) < 4.78 is 24.8. The summed E-state index contributed by atoms with van der Waals surface area (Å²) in [5, 5.41) is 3.33. The molecule has 1 aromatic rings. The van der Waals surface area contributed by atoms with Crippen molar-refractivity contribution in [2.24, 2.45) is 0 Å². The molecule has 3 heterocycles. The van der Waals surface area contributed by atoms with Gasteiger partial charge in [0.2, 0.25) is 0 Å². The maximum atomic E-state index is 13.4. The first-order valence-electron chi connectivity index (χ1n) is 8.61. The van der Waals surface area contributed by atoms with Gasteiger partial charge in [-0.25, -0.2) is 4.39 Å². The van der Waals surface area contributed by atoms with Gasteiger partial charge in [-0.05, 0) is 49.9 Å². The van der Waals surface area contributed by atoms with E-state index < -0.39 is 0 Å². The molecular weight excluding hydrogens is 295 g/mol. The van der Waals surface area contributed by atoms with E-state index in [0.29, 0.717) is 17.7 Å². The zero-order valence-electron chi connectivity index (χ0n) is 13.7. The van der Waals surface area contributed by atoms with Gasteiger partial charge in [0.25, 0.3) is 0 Å². The standard InChI is InChI=1S/C18H25FN2O2/c1-22-17-8-14(19)2-3-16(17)13-4-6-21(7-5-13)15-9-18(23-10-15)11-20-12-18/h2-3,8,13,15,20H,4-7,9-12H2,1H3. The van der Waals surface area contributed by atoms with Crippen molar-refractivity contribution in [1.29, 1.82) is 0 Å². The van der Waals surface area contributed by atoms with Crippen LogP contribution in [0.4, 0.5) is 4.39 Å². The second kappa shape index (κ2) is 6.04. The molecule has 1 aromatic carbocycles.